The SMILES string of the molecule is CC(=O)Nc1ccc2c(c1)[C@H]1C=CC[C@@H]1[C@H](c1ccccc1F)N2. The first-order valence-electron chi connectivity index (χ1n) is 8.22. The molecule has 2 N–H and O–H groups in total. The molecule has 4 heteroatoms. The van der Waals surface area contributed by atoms with Gasteiger partial charge in [0.1, 0.15) is 5.82 Å². The molecule has 0 fully saturated rings. The molecule has 0 saturated heterocycles. The second-order valence-electron chi connectivity index (χ2n) is 6.48. The van der Waals surface area contributed by atoms with Crippen molar-refractivity contribution in [3.63, 3.8) is 0 Å². The van der Waals surface area contributed by atoms with Gasteiger partial charge in [0.05, 0.1) is 6.04 Å². The van der Waals surface area contributed by atoms with Gasteiger partial charge in [-0.25, -0.2) is 4.39 Å². The van der Waals surface area contributed by atoms with Crippen LogP contribution in [0.3, 0.4) is 0 Å². The summed E-state index contributed by atoms with van der Waals surface area (Å²) >= 11 is 0. The Labute approximate surface area is 140 Å². The van der Waals surface area contributed by atoms with Gasteiger partial charge >= 0.3 is 0 Å². The molecule has 24 heavy (non-hydrogen) atoms. The monoisotopic (exact) mass is 322 g/mol. The van der Waals surface area contributed by atoms with E-state index in [1.54, 1.807) is 6.07 Å². The van der Waals surface area contributed by atoms with Crippen LogP contribution in [0.5, 0.6) is 0 Å². The minimum Gasteiger partial charge on any atom is -0.378 e. The fraction of sp³-hybridized carbons (Fsp3) is 0.250. The highest BCUT2D eigenvalue weighted by atomic mass is 19.1. The lowest BCUT2D eigenvalue weighted by atomic mass is 9.77. The van der Waals surface area contributed by atoms with Gasteiger partial charge in [-0.3, -0.25) is 4.79 Å². The van der Waals surface area contributed by atoms with Crippen molar-refractivity contribution in [1.82, 2.24) is 0 Å². The zero-order valence-corrected chi connectivity index (χ0v) is 13.4. The molecule has 3 atom stereocenters. The molecule has 2 aromatic rings. The zero-order chi connectivity index (χ0) is 16.7. The molecule has 1 aliphatic heterocycles. The molecule has 4 rings (SSSR count). The molecule has 2 aromatic carbocycles. The van der Waals surface area contributed by atoms with E-state index in [9.17, 15) is 9.18 Å². The number of nitrogens with one attached hydrogen (secondary N) is 2. The summed E-state index contributed by atoms with van der Waals surface area (Å²) < 4.78 is 14.3. The van der Waals surface area contributed by atoms with E-state index in [0.717, 1.165) is 23.4 Å². The van der Waals surface area contributed by atoms with E-state index in [-0.39, 0.29) is 29.6 Å². The number of hydrogen-bond acceptors (Lipinski definition) is 2. The lowest BCUT2D eigenvalue weighted by Crippen LogP contribution is -2.29. The quantitative estimate of drug-likeness (QED) is 0.793. The average Bonchev–Trinajstić information content (AvgIpc) is 3.04. The van der Waals surface area contributed by atoms with Gasteiger partial charge in [-0.1, -0.05) is 30.4 Å². The van der Waals surface area contributed by atoms with Crippen LogP contribution in [-0.4, -0.2) is 5.91 Å². The van der Waals surface area contributed by atoms with Crippen molar-refractivity contribution < 1.29 is 9.18 Å². The summed E-state index contributed by atoms with van der Waals surface area (Å²) in [6.07, 6.45) is 5.29. The summed E-state index contributed by atoms with van der Waals surface area (Å²) in [4.78, 5) is 11.3. The topological polar surface area (TPSA) is 41.1 Å². The van der Waals surface area contributed by atoms with E-state index in [1.165, 1.54) is 13.0 Å². The molecule has 1 amide bonds. The first-order valence-corrected chi connectivity index (χ1v) is 8.22. The molecule has 0 saturated carbocycles. The summed E-state index contributed by atoms with van der Waals surface area (Å²) in [6, 6.07) is 12.8. The Morgan fingerprint density at radius 3 is 2.83 bits per heavy atom. The molecule has 1 heterocycles. The Hall–Kier alpha value is -2.62. The lowest BCUT2D eigenvalue weighted by Gasteiger charge is -2.37. The number of carbonyl (C=O) groups excluding carboxylic acids is 1. The Kier molecular flexibility index (Phi) is 3.60. The summed E-state index contributed by atoms with van der Waals surface area (Å²) in [6.45, 7) is 1.50. The van der Waals surface area contributed by atoms with E-state index in [2.05, 4.69) is 22.8 Å². The van der Waals surface area contributed by atoms with E-state index < -0.39 is 0 Å². The standard InChI is InChI=1S/C20H19FN2O/c1-12(24)22-13-9-10-19-17(11-13)14-6-4-7-15(14)20(23-19)16-5-2-3-8-18(16)21/h2-6,8-11,14-15,20,23H,7H2,1H3,(H,22,24)/t14-,15-,20+/m0/s1. The number of carbonyl (C=O) groups is 1. The van der Waals surface area contributed by atoms with Gasteiger partial charge in [0.2, 0.25) is 5.91 Å². The van der Waals surface area contributed by atoms with Crippen LogP contribution in [0.15, 0.2) is 54.6 Å². The maximum Gasteiger partial charge on any atom is 0.221 e. The number of fused-ring (bicyclic) bond motifs is 3. The van der Waals surface area contributed by atoms with Crippen LogP contribution in [0, 0.1) is 11.7 Å². The number of benzene rings is 2. The van der Waals surface area contributed by atoms with Gasteiger partial charge in [0.15, 0.2) is 0 Å². The Morgan fingerprint density at radius 1 is 1.21 bits per heavy atom. The minimum atomic E-state index is -0.168. The van der Waals surface area contributed by atoms with Crippen molar-refractivity contribution in [2.45, 2.75) is 25.3 Å². The molecule has 0 bridgehead atoms. The molecule has 1 aliphatic carbocycles. The third kappa shape index (κ3) is 2.48. The van der Waals surface area contributed by atoms with Gasteiger partial charge in [-0.15, -0.1) is 0 Å². The van der Waals surface area contributed by atoms with Gasteiger partial charge in [0, 0.05) is 29.8 Å². The van der Waals surface area contributed by atoms with Crippen LogP contribution in [0.25, 0.3) is 0 Å². The third-order valence-corrected chi connectivity index (χ3v) is 4.92. The van der Waals surface area contributed by atoms with Crippen LogP contribution in [0.1, 0.15) is 36.4 Å². The molecule has 3 nitrogen and oxygen atoms in total. The predicted octanol–water partition coefficient (Wildman–Crippen LogP) is 4.61. The van der Waals surface area contributed by atoms with Gasteiger partial charge in [0.25, 0.3) is 0 Å². The summed E-state index contributed by atoms with van der Waals surface area (Å²) in [5.41, 5.74) is 3.68. The number of hydrogen-bond donors (Lipinski definition) is 2. The van der Waals surface area contributed by atoms with Crippen molar-refractivity contribution in [2.75, 3.05) is 10.6 Å². The molecular formula is C20H19FN2O. The number of halogens is 1. The summed E-state index contributed by atoms with van der Waals surface area (Å²) in [5.74, 6) is 0.266. The summed E-state index contributed by atoms with van der Waals surface area (Å²) in [5, 5.41) is 6.35. The zero-order valence-electron chi connectivity index (χ0n) is 13.4. The predicted molar refractivity (Wildman–Crippen MR) is 93.5 cm³/mol. The number of allylic oxidation sites excluding steroid dienone is 2. The van der Waals surface area contributed by atoms with Crippen molar-refractivity contribution in [3.8, 4) is 0 Å². The first kappa shape index (κ1) is 14.9. The maximum absolute atomic E-state index is 14.3. The lowest BCUT2D eigenvalue weighted by molar-refractivity contribution is -0.114. The van der Waals surface area contributed by atoms with Gasteiger partial charge in [-0.2, -0.15) is 0 Å². The highest BCUT2D eigenvalue weighted by Crippen LogP contribution is 2.50. The molecule has 2 aliphatic rings. The highest BCUT2D eigenvalue weighted by molar-refractivity contribution is 5.89. The third-order valence-electron chi connectivity index (χ3n) is 4.92. The molecule has 122 valence electrons. The van der Waals surface area contributed by atoms with Crippen molar-refractivity contribution in [3.05, 3.63) is 71.6 Å². The largest absolute Gasteiger partial charge is 0.378 e. The Balaban J connectivity index is 1.75. The first-order chi connectivity index (χ1) is 11.6. The molecule has 0 radical (unpaired) electrons. The minimum absolute atomic E-state index is 0.0506. The second kappa shape index (κ2) is 5.78. The maximum atomic E-state index is 14.3. The molecule has 0 aromatic heterocycles. The van der Waals surface area contributed by atoms with Crippen LogP contribution >= 0.6 is 0 Å². The number of anilines is 2. The molecule has 0 spiro atoms. The Bertz CT molecular complexity index is 830. The number of amides is 1. The number of rotatable bonds is 2. The van der Waals surface area contributed by atoms with Crippen LogP contribution in [0.4, 0.5) is 15.8 Å². The average molecular weight is 322 g/mol. The van der Waals surface area contributed by atoms with Crippen molar-refractivity contribution in [1.29, 1.82) is 0 Å². The Morgan fingerprint density at radius 2 is 2.04 bits per heavy atom. The van der Waals surface area contributed by atoms with Crippen LogP contribution in [0.2, 0.25) is 0 Å². The van der Waals surface area contributed by atoms with E-state index in [4.69, 9.17) is 0 Å². The van der Waals surface area contributed by atoms with E-state index in [1.807, 2.05) is 30.3 Å². The smallest absolute Gasteiger partial charge is 0.221 e. The summed E-state index contributed by atoms with van der Waals surface area (Å²) in [7, 11) is 0. The van der Waals surface area contributed by atoms with Crippen molar-refractivity contribution in [2.24, 2.45) is 5.92 Å². The van der Waals surface area contributed by atoms with E-state index in [0.29, 0.717) is 5.56 Å². The highest BCUT2D eigenvalue weighted by Gasteiger charge is 2.38. The second-order valence-corrected chi connectivity index (χ2v) is 6.48. The van der Waals surface area contributed by atoms with Crippen molar-refractivity contribution >= 4 is 17.3 Å². The van der Waals surface area contributed by atoms with Gasteiger partial charge in [-0.05, 0) is 42.2 Å². The fourth-order valence-electron chi connectivity index (χ4n) is 3.91. The normalized spacial score (nSPS) is 24.0. The van der Waals surface area contributed by atoms with Crippen LogP contribution in [-0.2, 0) is 4.79 Å². The van der Waals surface area contributed by atoms with Gasteiger partial charge < -0.3 is 10.6 Å². The fourth-order valence-corrected chi connectivity index (χ4v) is 3.91. The molecular weight excluding hydrogens is 303 g/mol. The van der Waals surface area contributed by atoms with E-state index >= 15 is 0 Å². The molecule has 0 unspecified atom stereocenters. The van der Waals surface area contributed by atoms with Crippen LogP contribution < -0.4 is 10.6 Å².